The summed E-state index contributed by atoms with van der Waals surface area (Å²) >= 11 is 12.2. The van der Waals surface area contributed by atoms with Crippen molar-refractivity contribution in [2.24, 2.45) is 5.73 Å². The molecule has 3 N–H and O–H groups in total. The van der Waals surface area contributed by atoms with Crippen LogP contribution < -0.4 is 11.1 Å². The molecule has 1 aromatic carbocycles. The van der Waals surface area contributed by atoms with Crippen molar-refractivity contribution in [1.29, 1.82) is 0 Å². The monoisotopic (exact) mass is 301 g/mol. The Morgan fingerprint density at radius 1 is 1.53 bits per heavy atom. The highest BCUT2D eigenvalue weighted by Gasteiger charge is 2.21. The Morgan fingerprint density at radius 3 is 2.89 bits per heavy atom. The second-order valence-corrected chi connectivity index (χ2v) is 5.67. The van der Waals surface area contributed by atoms with Gasteiger partial charge in [0.15, 0.2) is 0 Å². The van der Waals surface area contributed by atoms with E-state index in [0.29, 0.717) is 22.3 Å². The van der Waals surface area contributed by atoms with Crippen LogP contribution in [-0.2, 0) is 4.79 Å². The summed E-state index contributed by atoms with van der Waals surface area (Å²) in [6, 6.07) is 3.71. The molecule has 0 aromatic heterocycles. The van der Waals surface area contributed by atoms with Crippen molar-refractivity contribution in [3.8, 4) is 0 Å². The third kappa shape index (κ3) is 3.60. The SMILES string of the molecule is Cc1ccc(Cl)c(NC(=O)CN2CC[C@@H](N)C2)c1Cl. The number of likely N-dealkylation sites (tertiary alicyclic amines) is 1. The fourth-order valence-corrected chi connectivity index (χ4v) is 2.62. The largest absolute Gasteiger partial charge is 0.326 e. The first-order valence-electron chi connectivity index (χ1n) is 6.19. The van der Waals surface area contributed by atoms with Crippen molar-refractivity contribution >= 4 is 34.8 Å². The number of amides is 1. The van der Waals surface area contributed by atoms with Gasteiger partial charge in [-0.05, 0) is 25.0 Å². The highest BCUT2D eigenvalue weighted by atomic mass is 35.5. The van der Waals surface area contributed by atoms with Crippen LogP contribution in [0.3, 0.4) is 0 Å². The zero-order valence-corrected chi connectivity index (χ0v) is 12.3. The molecule has 0 unspecified atom stereocenters. The Kier molecular flexibility index (Phi) is 4.68. The fourth-order valence-electron chi connectivity index (χ4n) is 2.16. The lowest BCUT2D eigenvalue weighted by Gasteiger charge is -2.16. The molecule has 19 heavy (non-hydrogen) atoms. The Morgan fingerprint density at radius 2 is 2.26 bits per heavy atom. The van der Waals surface area contributed by atoms with Crippen molar-refractivity contribution in [2.75, 3.05) is 25.0 Å². The summed E-state index contributed by atoms with van der Waals surface area (Å²) in [5, 5.41) is 3.71. The topological polar surface area (TPSA) is 58.4 Å². The lowest BCUT2D eigenvalue weighted by Crippen LogP contribution is -2.33. The second-order valence-electron chi connectivity index (χ2n) is 4.89. The molecule has 1 aliphatic heterocycles. The van der Waals surface area contributed by atoms with Gasteiger partial charge in [-0.15, -0.1) is 0 Å². The van der Waals surface area contributed by atoms with E-state index in [1.54, 1.807) is 6.07 Å². The van der Waals surface area contributed by atoms with E-state index < -0.39 is 0 Å². The molecule has 0 radical (unpaired) electrons. The lowest BCUT2D eigenvalue weighted by atomic mass is 10.2. The van der Waals surface area contributed by atoms with Crippen LogP contribution in [0.15, 0.2) is 12.1 Å². The van der Waals surface area contributed by atoms with Crippen LogP contribution in [-0.4, -0.2) is 36.5 Å². The first-order valence-corrected chi connectivity index (χ1v) is 6.95. The molecule has 104 valence electrons. The van der Waals surface area contributed by atoms with Crippen LogP contribution >= 0.6 is 23.2 Å². The van der Waals surface area contributed by atoms with E-state index >= 15 is 0 Å². The summed E-state index contributed by atoms with van der Waals surface area (Å²) in [4.78, 5) is 14.0. The quantitative estimate of drug-likeness (QED) is 0.900. The van der Waals surface area contributed by atoms with Crippen LogP contribution in [0, 0.1) is 6.92 Å². The minimum Gasteiger partial charge on any atom is -0.326 e. The van der Waals surface area contributed by atoms with Crippen molar-refractivity contribution in [1.82, 2.24) is 4.90 Å². The molecule has 0 aliphatic carbocycles. The maximum Gasteiger partial charge on any atom is 0.238 e. The molecular weight excluding hydrogens is 285 g/mol. The number of nitrogens with one attached hydrogen (secondary N) is 1. The number of carbonyl (C=O) groups is 1. The van der Waals surface area contributed by atoms with E-state index in [1.165, 1.54) is 0 Å². The van der Waals surface area contributed by atoms with Crippen molar-refractivity contribution < 1.29 is 4.79 Å². The number of carbonyl (C=O) groups excluding carboxylic acids is 1. The molecule has 1 atom stereocenters. The van der Waals surface area contributed by atoms with Crippen LogP contribution in [0.25, 0.3) is 0 Å². The molecule has 1 fully saturated rings. The number of anilines is 1. The van der Waals surface area contributed by atoms with E-state index in [9.17, 15) is 4.79 Å². The van der Waals surface area contributed by atoms with Gasteiger partial charge in [0.1, 0.15) is 0 Å². The second kappa shape index (κ2) is 6.09. The minimum atomic E-state index is -0.122. The van der Waals surface area contributed by atoms with Crippen LogP contribution in [0.1, 0.15) is 12.0 Å². The number of benzene rings is 1. The van der Waals surface area contributed by atoms with Gasteiger partial charge in [-0.1, -0.05) is 29.3 Å². The van der Waals surface area contributed by atoms with Crippen molar-refractivity contribution in [3.63, 3.8) is 0 Å². The molecule has 0 spiro atoms. The normalized spacial score (nSPS) is 19.7. The summed E-state index contributed by atoms with van der Waals surface area (Å²) in [5.74, 6) is -0.122. The van der Waals surface area contributed by atoms with Crippen LogP contribution in [0.2, 0.25) is 10.0 Å². The highest BCUT2D eigenvalue weighted by Crippen LogP contribution is 2.32. The van der Waals surface area contributed by atoms with Gasteiger partial charge in [-0.3, -0.25) is 9.69 Å². The number of aryl methyl sites for hydroxylation is 1. The molecular formula is C13H17Cl2N3O. The summed E-state index contributed by atoms with van der Waals surface area (Å²) < 4.78 is 0. The number of nitrogens with zero attached hydrogens (tertiary/aromatic N) is 1. The smallest absolute Gasteiger partial charge is 0.238 e. The van der Waals surface area contributed by atoms with E-state index in [2.05, 4.69) is 5.32 Å². The molecule has 6 heteroatoms. The minimum absolute atomic E-state index is 0.122. The Balaban J connectivity index is 2.01. The predicted octanol–water partition coefficient (Wildman–Crippen LogP) is 2.27. The van der Waals surface area contributed by atoms with Gasteiger partial charge >= 0.3 is 0 Å². The molecule has 2 rings (SSSR count). The summed E-state index contributed by atoms with van der Waals surface area (Å²) in [5.41, 5.74) is 7.17. The fraction of sp³-hybridized carbons (Fsp3) is 0.462. The molecule has 0 bridgehead atoms. The zero-order chi connectivity index (χ0) is 14.0. The maximum atomic E-state index is 12.0. The molecule has 1 aromatic rings. The molecule has 1 aliphatic rings. The van der Waals surface area contributed by atoms with Gasteiger partial charge < -0.3 is 11.1 Å². The third-order valence-electron chi connectivity index (χ3n) is 3.22. The van der Waals surface area contributed by atoms with Gasteiger partial charge in [0.05, 0.1) is 22.3 Å². The van der Waals surface area contributed by atoms with Gasteiger partial charge in [-0.25, -0.2) is 0 Å². The summed E-state index contributed by atoms with van der Waals surface area (Å²) in [7, 11) is 0. The van der Waals surface area contributed by atoms with E-state index in [-0.39, 0.29) is 11.9 Å². The van der Waals surface area contributed by atoms with Gasteiger partial charge in [-0.2, -0.15) is 0 Å². The molecule has 4 nitrogen and oxygen atoms in total. The molecule has 1 heterocycles. The molecule has 1 saturated heterocycles. The van der Waals surface area contributed by atoms with Gasteiger partial charge in [0, 0.05) is 19.1 Å². The Bertz CT molecular complexity index is 493. The first kappa shape index (κ1) is 14.6. The standard InChI is InChI=1S/C13H17Cl2N3O/c1-8-2-3-10(14)13(12(8)15)17-11(19)7-18-5-4-9(16)6-18/h2-3,9H,4-7,16H2,1H3,(H,17,19)/t9-/m1/s1. The van der Waals surface area contributed by atoms with E-state index in [1.807, 2.05) is 17.9 Å². The summed E-state index contributed by atoms with van der Waals surface area (Å²) in [6.07, 6.45) is 0.930. The Labute approximate surface area is 122 Å². The molecule has 1 amide bonds. The first-order chi connectivity index (χ1) is 8.97. The number of hydrogen-bond donors (Lipinski definition) is 2. The molecule has 0 saturated carbocycles. The average Bonchev–Trinajstić information content (AvgIpc) is 2.75. The number of rotatable bonds is 3. The van der Waals surface area contributed by atoms with Gasteiger partial charge in [0.25, 0.3) is 0 Å². The van der Waals surface area contributed by atoms with Crippen molar-refractivity contribution in [2.45, 2.75) is 19.4 Å². The van der Waals surface area contributed by atoms with Crippen LogP contribution in [0.4, 0.5) is 5.69 Å². The zero-order valence-electron chi connectivity index (χ0n) is 10.7. The number of nitrogens with two attached hydrogens (primary N) is 1. The van der Waals surface area contributed by atoms with E-state index in [0.717, 1.165) is 25.1 Å². The highest BCUT2D eigenvalue weighted by molar-refractivity contribution is 6.40. The lowest BCUT2D eigenvalue weighted by molar-refractivity contribution is -0.117. The number of halogens is 2. The average molecular weight is 302 g/mol. The van der Waals surface area contributed by atoms with Gasteiger partial charge in [0.2, 0.25) is 5.91 Å². The van der Waals surface area contributed by atoms with E-state index in [4.69, 9.17) is 28.9 Å². The maximum absolute atomic E-state index is 12.0. The predicted molar refractivity (Wildman–Crippen MR) is 78.9 cm³/mol. The Hall–Kier alpha value is -0.810. The van der Waals surface area contributed by atoms with Crippen LogP contribution in [0.5, 0.6) is 0 Å². The summed E-state index contributed by atoms with van der Waals surface area (Å²) in [6.45, 7) is 3.79. The third-order valence-corrected chi connectivity index (χ3v) is 4.03. The number of hydrogen-bond acceptors (Lipinski definition) is 3. The van der Waals surface area contributed by atoms with Crippen molar-refractivity contribution in [3.05, 3.63) is 27.7 Å².